The lowest BCUT2D eigenvalue weighted by Gasteiger charge is -2.33. The summed E-state index contributed by atoms with van der Waals surface area (Å²) in [5, 5.41) is 0. The zero-order chi connectivity index (χ0) is 22.3. The smallest absolute Gasteiger partial charge is 0.330 e. The Hall–Kier alpha value is -2.67. The maximum Gasteiger partial charge on any atom is 0.330 e. The predicted octanol–water partition coefficient (Wildman–Crippen LogP) is 4.07. The van der Waals surface area contributed by atoms with Gasteiger partial charge in [0.15, 0.2) is 6.61 Å². The highest BCUT2D eigenvalue weighted by Gasteiger charge is 2.57. The topological polar surface area (TPSA) is 63.7 Å². The fourth-order valence-electron chi connectivity index (χ4n) is 4.40. The first-order chi connectivity index (χ1) is 14.7. The summed E-state index contributed by atoms with van der Waals surface area (Å²) in [5.74, 6) is -0.958. The number of ketones is 1. The molecule has 7 heteroatoms. The van der Waals surface area contributed by atoms with Crippen LogP contribution in [0, 0.1) is 26.6 Å². The molecule has 31 heavy (non-hydrogen) atoms. The fraction of sp³-hybridized carbons (Fsp3) is 0.375. The Balaban J connectivity index is 1.49. The van der Waals surface area contributed by atoms with Crippen LogP contribution in [0.15, 0.2) is 36.4 Å². The molecule has 2 saturated heterocycles. The summed E-state index contributed by atoms with van der Waals surface area (Å²) in [6.45, 7) is 5.40. The number of aryl methyl sites for hydroxylation is 3. The highest BCUT2D eigenvalue weighted by Crippen LogP contribution is 2.54. The van der Waals surface area contributed by atoms with Crippen LogP contribution < -0.4 is 0 Å². The molecule has 4 rings (SSSR count). The summed E-state index contributed by atoms with van der Waals surface area (Å²) in [7, 11) is 0. The molecule has 0 bridgehead atoms. The lowest BCUT2D eigenvalue weighted by atomic mass is 9.98. The van der Waals surface area contributed by atoms with E-state index in [0.717, 1.165) is 22.3 Å². The number of thioether (sulfide) groups is 1. The van der Waals surface area contributed by atoms with E-state index in [-0.39, 0.29) is 24.1 Å². The van der Waals surface area contributed by atoms with Crippen molar-refractivity contribution in [1.82, 2.24) is 4.90 Å². The molecule has 2 aromatic rings. The Bertz CT molecular complexity index is 1070. The van der Waals surface area contributed by atoms with Crippen molar-refractivity contribution in [2.24, 2.45) is 0 Å². The van der Waals surface area contributed by atoms with Gasteiger partial charge in [0, 0.05) is 17.7 Å². The van der Waals surface area contributed by atoms with Crippen molar-refractivity contribution in [3.05, 3.63) is 70.0 Å². The standard InChI is InChI=1S/C24H24FNO4S/c1-14-10-16(3)19(11-15(14)2)21(27)12-30-23(29)20-13-31-24(9-8-22(28)26(20)24)17-4-6-18(25)7-5-17/h4-7,10-11,20H,8-9,12-13H2,1-3H3/t20-,24-/m1/s1. The van der Waals surface area contributed by atoms with Gasteiger partial charge in [-0.25, -0.2) is 9.18 Å². The Morgan fingerprint density at radius 2 is 1.81 bits per heavy atom. The fourth-order valence-corrected chi connectivity index (χ4v) is 6.04. The molecule has 0 aliphatic carbocycles. The second kappa shape index (κ2) is 8.11. The third-order valence-electron chi connectivity index (χ3n) is 6.18. The zero-order valence-corrected chi connectivity index (χ0v) is 18.6. The molecular weight excluding hydrogens is 417 g/mol. The van der Waals surface area contributed by atoms with Crippen LogP contribution in [-0.2, 0) is 19.2 Å². The van der Waals surface area contributed by atoms with E-state index in [2.05, 4.69) is 0 Å². The second-order valence-corrected chi connectivity index (χ2v) is 9.46. The van der Waals surface area contributed by atoms with Crippen LogP contribution in [0.4, 0.5) is 4.39 Å². The quantitative estimate of drug-likeness (QED) is 0.517. The van der Waals surface area contributed by atoms with E-state index in [1.807, 2.05) is 32.9 Å². The Labute approximate surface area is 185 Å². The molecule has 5 nitrogen and oxygen atoms in total. The van der Waals surface area contributed by atoms with Crippen molar-refractivity contribution in [2.45, 2.75) is 44.5 Å². The maximum atomic E-state index is 13.4. The summed E-state index contributed by atoms with van der Waals surface area (Å²) in [6.07, 6.45) is 0.863. The van der Waals surface area contributed by atoms with Gasteiger partial charge in [0.25, 0.3) is 0 Å². The Kier molecular flexibility index (Phi) is 5.64. The first-order valence-corrected chi connectivity index (χ1v) is 11.2. The molecule has 2 aromatic carbocycles. The monoisotopic (exact) mass is 441 g/mol. The average molecular weight is 442 g/mol. The highest BCUT2D eigenvalue weighted by molar-refractivity contribution is 8.00. The molecular formula is C24H24FNO4S. The molecule has 2 aliphatic rings. The highest BCUT2D eigenvalue weighted by atomic mass is 32.2. The molecule has 0 unspecified atom stereocenters. The van der Waals surface area contributed by atoms with Crippen LogP contribution in [0.3, 0.4) is 0 Å². The van der Waals surface area contributed by atoms with E-state index < -0.39 is 16.9 Å². The minimum absolute atomic E-state index is 0.132. The summed E-state index contributed by atoms with van der Waals surface area (Å²) in [5.41, 5.74) is 4.26. The number of Topliss-reactive ketones (excluding diaryl/α,β-unsaturated/α-hetero) is 1. The van der Waals surface area contributed by atoms with Crippen molar-refractivity contribution in [1.29, 1.82) is 0 Å². The SMILES string of the molecule is Cc1cc(C)c(C(=O)COC(=O)[C@H]2CS[C@@]3(c4ccc(F)cc4)CCC(=O)N23)cc1C. The van der Waals surface area contributed by atoms with E-state index in [1.54, 1.807) is 17.0 Å². The van der Waals surface area contributed by atoms with Gasteiger partial charge in [-0.15, -0.1) is 11.8 Å². The van der Waals surface area contributed by atoms with Gasteiger partial charge in [0.2, 0.25) is 11.7 Å². The predicted molar refractivity (Wildman–Crippen MR) is 116 cm³/mol. The van der Waals surface area contributed by atoms with Crippen molar-refractivity contribution in [3.63, 3.8) is 0 Å². The van der Waals surface area contributed by atoms with E-state index in [4.69, 9.17) is 4.74 Å². The van der Waals surface area contributed by atoms with Crippen molar-refractivity contribution in [2.75, 3.05) is 12.4 Å². The van der Waals surface area contributed by atoms with E-state index in [9.17, 15) is 18.8 Å². The molecule has 2 aliphatic heterocycles. The minimum atomic E-state index is -0.765. The Morgan fingerprint density at radius 3 is 2.52 bits per heavy atom. The van der Waals surface area contributed by atoms with E-state index in [1.165, 1.54) is 23.9 Å². The number of amides is 1. The number of hydrogen-bond acceptors (Lipinski definition) is 5. The van der Waals surface area contributed by atoms with Crippen LogP contribution in [-0.4, -0.2) is 41.0 Å². The largest absolute Gasteiger partial charge is 0.456 e. The molecule has 0 radical (unpaired) electrons. The molecule has 0 spiro atoms. The number of fused-ring (bicyclic) bond motifs is 1. The van der Waals surface area contributed by atoms with Crippen molar-refractivity contribution < 1.29 is 23.5 Å². The van der Waals surface area contributed by atoms with E-state index >= 15 is 0 Å². The van der Waals surface area contributed by atoms with Crippen molar-refractivity contribution >= 4 is 29.4 Å². The lowest BCUT2D eigenvalue weighted by molar-refractivity contribution is -0.152. The van der Waals surface area contributed by atoms with Crippen molar-refractivity contribution in [3.8, 4) is 0 Å². The third-order valence-corrected chi connectivity index (χ3v) is 7.78. The Morgan fingerprint density at radius 1 is 1.13 bits per heavy atom. The van der Waals surface area contributed by atoms with Gasteiger partial charge in [-0.2, -0.15) is 0 Å². The van der Waals surface area contributed by atoms with Crippen LogP contribution in [0.1, 0.15) is 45.5 Å². The molecule has 0 aromatic heterocycles. The number of benzene rings is 2. The van der Waals surface area contributed by atoms with Crippen LogP contribution >= 0.6 is 11.8 Å². The van der Waals surface area contributed by atoms with Gasteiger partial charge < -0.3 is 9.64 Å². The number of nitrogens with zero attached hydrogens (tertiary/aromatic N) is 1. The first-order valence-electron chi connectivity index (χ1n) is 10.2. The number of halogens is 1. The number of carbonyl (C=O) groups excluding carboxylic acids is 3. The van der Waals surface area contributed by atoms with Gasteiger partial charge in [-0.05, 0) is 67.6 Å². The van der Waals surface area contributed by atoms with Gasteiger partial charge >= 0.3 is 5.97 Å². The second-order valence-electron chi connectivity index (χ2n) is 8.16. The normalized spacial score (nSPS) is 22.5. The van der Waals surface area contributed by atoms with Gasteiger partial charge in [-0.3, -0.25) is 9.59 Å². The minimum Gasteiger partial charge on any atom is -0.456 e. The molecule has 0 N–H and O–H groups in total. The zero-order valence-electron chi connectivity index (χ0n) is 17.7. The average Bonchev–Trinajstić information content (AvgIpc) is 3.28. The molecule has 1 amide bonds. The number of hydrogen-bond donors (Lipinski definition) is 0. The number of ether oxygens (including phenoxy) is 1. The summed E-state index contributed by atoms with van der Waals surface area (Å²) >= 11 is 1.49. The van der Waals surface area contributed by atoms with Crippen LogP contribution in [0.2, 0.25) is 0 Å². The molecule has 2 atom stereocenters. The molecule has 0 saturated carbocycles. The lowest BCUT2D eigenvalue weighted by Crippen LogP contribution is -2.47. The first kappa shape index (κ1) is 21.6. The number of carbonyl (C=O) groups is 3. The summed E-state index contributed by atoms with van der Waals surface area (Å²) in [4.78, 5) is 39.1. The molecule has 162 valence electrons. The molecule has 2 fully saturated rings. The van der Waals surface area contributed by atoms with Crippen LogP contribution in [0.25, 0.3) is 0 Å². The molecule has 2 heterocycles. The van der Waals surface area contributed by atoms with Gasteiger partial charge in [0.1, 0.15) is 16.7 Å². The van der Waals surface area contributed by atoms with Gasteiger partial charge in [0.05, 0.1) is 0 Å². The summed E-state index contributed by atoms with van der Waals surface area (Å²) < 4.78 is 18.8. The van der Waals surface area contributed by atoms with Gasteiger partial charge in [-0.1, -0.05) is 18.2 Å². The summed E-state index contributed by atoms with van der Waals surface area (Å²) in [6, 6.07) is 9.04. The number of rotatable bonds is 5. The maximum absolute atomic E-state index is 13.4. The van der Waals surface area contributed by atoms with Crippen LogP contribution in [0.5, 0.6) is 0 Å². The number of esters is 1. The van der Waals surface area contributed by atoms with E-state index in [0.29, 0.717) is 24.2 Å². The third kappa shape index (κ3) is 3.76.